The summed E-state index contributed by atoms with van der Waals surface area (Å²) in [5.41, 5.74) is 0. The van der Waals surface area contributed by atoms with Crippen LogP contribution in [0.5, 0.6) is 0 Å². The van der Waals surface area contributed by atoms with E-state index in [2.05, 4.69) is 4.74 Å². The fourth-order valence-corrected chi connectivity index (χ4v) is 2.46. The summed E-state index contributed by atoms with van der Waals surface area (Å²) in [7, 11) is 2.96. The van der Waals surface area contributed by atoms with Gasteiger partial charge in [0.1, 0.15) is 0 Å². The van der Waals surface area contributed by atoms with Gasteiger partial charge in [0.15, 0.2) is 6.04 Å². The quantitative estimate of drug-likeness (QED) is 0.593. The molecule has 0 bridgehead atoms. The fraction of sp³-hybridized carbons (Fsp3) is 0.750. The number of nitrogens with zero attached hydrogens (tertiary/aromatic N) is 2. The van der Waals surface area contributed by atoms with Gasteiger partial charge in [-0.2, -0.15) is 0 Å². The van der Waals surface area contributed by atoms with E-state index < -0.39 is 12.0 Å². The number of esters is 1. The van der Waals surface area contributed by atoms with Gasteiger partial charge in [0, 0.05) is 26.6 Å². The molecule has 2 aliphatic heterocycles. The molecule has 7 heteroatoms. The molecule has 0 aromatic rings. The Hall–Kier alpha value is -1.63. The van der Waals surface area contributed by atoms with Crippen LogP contribution in [-0.2, 0) is 23.9 Å². The molecule has 2 heterocycles. The molecule has 2 saturated heterocycles. The first-order valence-corrected chi connectivity index (χ1v) is 6.24. The second-order valence-electron chi connectivity index (χ2n) is 4.82. The molecule has 2 unspecified atom stereocenters. The van der Waals surface area contributed by atoms with Crippen molar-refractivity contribution in [3.63, 3.8) is 0 Å². The van der Waals surface area contributed by atoms with Crippen LogP contribution in [0.1, 0.15) is 6.42 Å². The van der Waals surface area contributed by atoms with Crippen molar-refractivity contribution in [2.45, 2.75) is 12.5 Å². The van der Waals surface area contributed by atoms with Crippen LogP contribution in [0.4, 0.5) is 0 Å². The average molecular weight is 270 g/mol. The Morgan fingerprint density at radius 2 is 2.16 bits per heavy atom. The van der Waals surface area contributed by atoms with E-state index in [9.17, 15) is 14.4 Å². The zero-order valence-corrected chi connectivity index (χ0v) is 11.1. The largest absolute Gasteiger partial charge is 0.467 e. The monoisotopic (exact) mass is 270 g/mol. The molecule has 106 valence electrons. The SMILES string of the molecule is COC(=O)C1COCCN1C(=O)C1CC(=O)N(C)C1. The molecule has 0 aliphatic carbocycles. The van der Waals surface area contributed by atoms with E-state index in [1.807, 2.05) is 0 Å². The lowest BCUT2D eigenvalue weighted by Gasteiger charge is -2.35. The van der Waals surface area contributed by atoms with Gasteiger partial charge in [0.25, 0.3) is 0 Å². The Morgan fingerprint density at radius 1 is 1.42 bits per heavy atom. The Kier molecular flexibility index (Phi) is 4.04. The van der Waals surface area contributed by atoms with Gasteiger partial charge in [-0.1, -0.05) is 0 Å². The molecule has 2 amide bonds. The zero-order valence-electron chi connectivity index (χ0n) is 11.1. The molecule has 0 aromatic carbocycles. The van der Waals surface area contributed by atoms with Gasteiger partial charge in [-0.25, -0.2) is 4.79 Å². The van der Waals surface area contributed by atoms with Gasteiger partial charge in [-0.05, 0) is 0 Å². The standard InChI is InChI=1S/C12H18N2O5/c1-13-6-8(5-10(13)15)11(16)14-3-4-19-7-9(14)12(17)18-2/h8-9H,3-7H2,1-2H3. The van der Waals surface area contributed by atoms with Gasteiger partial charge >= 0.3 is 5.97 Å². The van der Waals surface area contributed by atoms with Crippen LogP contribution in [0.2, 0.25) is 0 Å². The van der Waals surface area contributed by atoms with Gasteiger partial charge in [0.05, 0.1) is 26.2 Å². The molecule has 0 radical (unpaired) electrons. The predicted molar refractivity (Wildman–Crippen MR) is 64.1 cm³/mol. The summed E-state index contributed by atoms with van der Waals surface area (Å²) in [5, 5.41) is 0. The molecule has 0 N–H and O–H groups in total. The van der Waals surface area contributed by atoms with Crippen LogP contribution in [0, 0.1) is 5.92 Å². The first-order valence-electron chi connectivity index (χ1n) is 6.24. The van der Waals surface area contributed by atoms with Crippen molar-refractivity contribution in [3.05, 3.63) is 0 Å². The maximum absolute atomic E-state index is 12.4. The lowest BCUT2D eigenvalue weighted by molar-refractivity contribution is -0.162. The molecule has 0 saturated carbocycles. The smallest absolute Gasteiger partial charge is 0.331 e. The van der Waals surface area contributed by atoms with Crippen molar-refractivity contribution >= 4 is 17.8 Å². The average Bonchev–Trinajstić information content (AvgIpc) is 2.77. The third-order valence-corrected chi connectivity index (χ3v) is 3.58. The second kappa shape index (κ2) is 5.56. The molecule has 19 heavy (non-hydrogen) atoms. The fourth-order valence-electron chi connectivity index (χ4n) is 2.46. The Bertz CT molecular complexity index is 398. The number of rotatable bonds is 2. The molecule has 7 nitrogen and oxygen atoms in total. The maximum Gasteiger partial charge on any atom is 0.331 e. The van der Waals surface area contributed by atoms with Crippen LogP contribution in [0.3, 0.4) is 0 Å². The highest BCUT2D eigenvalue weighted by Crippen LogP contribution is 2.21. The second-order valence-corrected chi connectivity index (χ2v) is 4.82. The normalized spacial score (nSPS) is 27.6. The highest BCUT2D eigenvalue weighted by molar-refractivity contribution is 5.91. The summed E-state index contributed by atoms with van der Waals surface area (Å²) in [6.45, 7) is 1.31. The minimum atomic E-state index is -0.702. The van der Waals surface area contributed by atoms with E-state index in [-0.39, 0.29) is 30.8 Å². The summed E-state index contributed by atoms with van der Waals surface area (Å²) < 4.78 is 9.90. The third-order valence-electron chi connectivity index (χ3n) is 3.58. The van der Waals surface area contributed by atoms with E-state index >= 15 is 0 Å². The number of likely N-dealkylation sites (tertiary alicyclic amines) is 1. The topological polar surface area (TPSA) is 76.1 Å². The molecule has 2 aliphatic rings. The van der Waals surface area contributed by atoms with Gasteiger partial charge in [0.2, 0.25) is 11.8 Å². The molecule has 0 spiro atoms. The summed E-state index contributed by atoms with van der Waals surface area (Å²) in [6, 6.07) is -0.702. The first-order chi connectivity index (χ1) is 9.04. The van der Waals surface area contributed by atoms with Crippen LogP contribution in [0.25, 0.3) is 0 Å². The summed E-state index contributed by atoms with van der Waals surface area (Å²) >= 11 is 0. The summed E-state index contributed by atoms with van der Waals surface area (Å²) in [4.78, 5) is 38.6. The number of morpholine rings is 1. The number of amides is 2. The van der Waals surface area contributed by atoms with Crippen LogP contribution in [0.15, 0.2) is 0 Å². The number of methoxy groups -OCH3 is 1. The van der Waals surface area contributed by atoms with Crippen molar-refractivity contribution in [1.29, 1.82) is 0 Å². The van der Waals surface area contributed by atoms with E-state index in [1.54, 1.807) is 7.05 Å². The van der Waals surface area contributed by atoms with E-state index in [1.165, 1.54) is 16.9 Å². The van der Waals surface area contributed by atoms with E-state index in [4.69, 9.17) is 4.74 Å². The number of carbonyl (C=O) groups excluding carboxylic acids is 3. The third kappa shape index (κ3) is 2.70. The minimum Gasteiger partial charge on any atom is -0.467 e. The van der Waals surface area contributed by atoms with Gasteiger partial charge in [-0.15, -0.1) is 0 Å². The number of ether oxygens (including phenoxy) is 2. The molecule has 2 fully saturated rings. The maximum atomic E-state index is 12.4. The lowest BCUT2D eigenvalue weighted by Crippen LogP contribution is -2.54. The van der Waals surface area contributed by atoms with Gasteiger partial charge < -0.3 is 19.3 Å². The number of carbonyl (C=O) groups is 3. The van der Waals surface area contributed by atoms with E-state index in [0.717, 1.165) is 0 Å². The minimum absolute atomic E-state index is 0.0405. The first kappa shape index (κ1) is 13.8. The summed E-state index contributed by atoms with van der Waals surface area (Å²) in [6.07, 6.45) is 0.209. The van der Waals surface area contributed by atoms with Crippen molar-refractivity contribution in [2.75, 3.05) is 40.5 Å². The lowest BCUT2D eigenvalue weighted by atomic mass is 10.1. The Balaban J connectivity index is 2.07. The summed E-state index contributed by atoms with van der Waals surface area (Å²) in [5.74, 6) is -1.06. The van der Waals surface area contributed by atoms with Crippen LogP contribution < -0.4 is 0 Å². The van der Waals surface area contributed by atoms with Crippen molar-refractivity contribution in [2.24, 2.45) is 5.92 Å². The highest BCUT2D eigenvalue weighted by Gasteiger charge is 2.40. The number of hydrogen-bond donors (Lipinski definition) is 0. The number of hydrogen-bond acceptors (Lipinski definition) is 5. The Labute approximate surface area is 111 Å². The zero-order chi connectivity index (χ0) is 14.0. The van der Waals surface area contributed by atoms with Crippen molar-refractivity contribution in [3.8, 4) is 0 Å². The molecule has 2 atom stereocenters. The Morgan fingerprint density at radius 3 is 2.74 bits per heavy atom. The van der Waals surface area contributed by atoms with Crippen LogP contribution >= 0.6 is 0 Å². The van der Waals surface area contributed by atoms with Crippen LogP contribution in [-0.4, -0.2) is 74.1 Å². The van der Waals surface area contributed by atoms with Gasteiger partial charge in [-0.3, -0.25) is 9.59 Å². The predicted octanol–water partition coefficient (Wildman–Crippen LogP) is -1.13. The van der Waals surface area contributed by atoms with Crippen molar-refractivity contribution in [1.82, 2.24) is 9.80 Å². The molecular weight excluding hydrogens is 252 g/mol. The highest BCUT2D eigenvalue weighted by atomic mass is 16.5. The van der Waals surface area contributed by atoms with E-state index in [0.29, 0.717) is 19.7 Å². The molecule has 0 aromatic heterocycles. The van der Waals surface area contributed by atoms with Crippen molar-refractivity contribution < 1.29 is 23.9 Å². The molecular formula is C12H18N2O5. The molecule has 2 rings (SSSR count).